The Balaban J connectivity index is 1.41. The Morgan fingerprint density at radius 2 is 2.04 bits per heavy atom. The molecule has 1 aliphatic carbocycles. The van der Waals surface area contributed by atoms with Crippen LogP contribution in [0.5, 0.6) is 0 Å². The predicted molar refractivity (Wildman–Crippen MR) is 105 cm³/mol. The molecule has 7 nitrogen and oxygen atoms in total. The minimum Gasteiger partial charge on any atom is -0.419 e. The van der Waals surface area contributed by atoms with E-state index in [9.17, 15) is 9.59 Å². The summed E-state index contributed by atoms with van der Waals surface area (Å²) in [5.41, 5.74) is 0.732. The van der Waals surface area contributed by atoms with E-state index in [4.69, 9.17) is 4.42 Å². The molecule has 1 N–H and O–H groups in total. The minimum atomic E-state index is -0.959. The van der Waals surface area contributed by atoms with E-state index in [1.807, 2.05) is 35.7 Å². The Hall–Kier alpha value is -2.52. The number of thiophene rings is 1. The number of hydrogen-bond acceptors (Lipinski definition) is 6. The third kappa shape index (κ3) is 2.68. The summed E-state index contributed by atoms with van der Waals surface area (Å²) in [5, 5.41) is 13.0. The van der Waals surface area contributed by atoms with Crippen LogP contribution >= 0.6 is 27.3 Å². The van der Waals surface area contributed by atoms with Gasteiger partial charge in [-0.3, -0.25) is 9.69 Å². The van der Waals surface area contributed by atoms with E-state index in [1.165, 1.54) is 4.90 Å². The van der Waals surface area contributed by atoms with Gasteiger partial charge in [-0.2, -0.15) is 0 Å². The number of halogens is 1. The highest BCUT2D eigenvalue weighted by Crippen LogP contribution is 2.42. The zero-order chi connectivity index (χ0) is 19.3. The van der Waals surface area contributed by atoms with Gasteiger partial charge >= 0.3 is 6.03 Å². The molecule has 2 aliphatic rings. The molecular formula is C19H15BrN4O3S. The first-order valence-corrected chi connectivity index (χ1v) is 10.5. The van der Waals surface area contributed by atoms with Gasteiger partial charge in [-0.1, -0.05) is 15.9 Å². The highest BCUT2D eigenvalue weighted by molar-refractivity contribution is 9.10. The fraction of sp³-hybridized carbons (Fsp3) is 0.263. The lowest BCUT2D eigenvalue weighted by Crippen LogP contribution is -2.46. The molecule has 1 unspecified atom stereocenters. The summed E-state index contributed by atoms with van der Waals surface area (Å²) in [6.07, 6.45) is 2.41. The number of fused-ring (bicyclic) bond motifs is 2. The first-order valence-electron chi connectivity index (χ1n) is 8.86. The molecular weight excluding hydrogens is 444 g/mol. The molecule has 1 atom stereocenters. The molecule has 0 saturated carbocycles. The molecule has 3 amide bonds. The molecule has 1 fully saturated rings. The van der Waals surface area contributed by atoms with Crippen molar-refractivity contribution >= 4 is 39.2 Å². The number of carbonyl (C=O) groups excluding carboxylic acids is 2. The van der Waals surface area contributed by atoms with Crippen LogP contribution in [-0.2, 0) is 23.3 Å². The number of hydrogen-bond donors (Lipinski definition) is 1. The minimum absolute atomic E-state index is 0.0462. The first-order chi connectivity index (χ1) is 13.6. The topological polar surface area (TPSA) is 88.3 Å². The first kappa shape index (κ1) is 17.6. The van der Waals surface area contributed by atoms with Gasteiger partial charge < -0.3 is 9.73 Å². The summed E-state index contributed by atoms with van der Waals surface area (Å²) in [6.45, 7) is -0.0462. The third-order valence-corrected chi connectivity index (χ3v) is 6.70. The van der Waals surface area contributed by atoms with E-state index >= 15 is 0 Å². The maximum Gasteiger partial charge on any atom is 0.325 e. The molecule has 3 heterocycles. The van der Waals surface area contributed by atoms with Crippen LogP contribution < -0.4 is 5.32 Å². The van der Waals surface area contributed by atoms with E-state index in [1.54, 1.807) is 11.3 Å². The molecule has 1 aliphatic heterocycles. The molecule has 1 saturated heterocycles. The Morgan fingerprint density at radius 1 is 1.21 bits per heavy atom. The van der Waals surface area contributed by atoms with Crippen LogP contribution in [0.2, 0.25) is 0 Å². The zero-order valence-electron chi connectivity index (χ0n) is 14.6. The Kier molecular flexibility index (Phi) is 4.09. The monoisotopic (exact) mass is 458 g/mol. The van der Waals surface area contributed by atoms with Crippen molar-refractivity contribution in [2.45, 2.75) is 31.3 Å². The normalized spacial score (nSPS) is 21.2. The standard InChI is InChI=1S/C19H15BrN4O3S/c20-12-5-3-11(4-6-12)16-23-22-15(27-16)10-24-17(25)19(21-18(24)26)8-1-2-14-13(19)7-9-28-14/h3-7,9H,1-2,8,10H2,(H,21,26). The SMILES string of the molecule is O=C1NC2(CCCc3sccc32)C(=O)N1Cc1nnc(-c2ccc(Br)cc2)o1. The second-order valence-electron chi connectivity index (χ2n) is 6.85. The van der Waals surface area contributed by atoms with Gasteiger partial charge in [0, 0.05) is 20.5 Å². The molecule has 5 rings (SSSR count). The quantitative estimate of drug-likeness (QED) is 0.602. The predicted octanol–water partition coefficient (Wildman–Crippen LogP) is 3.84. The van der Waals surface area contributed by atoms with E-state index in [0.29, 0.717) is 12.3 Å². The van der Waals surface area contributed by atoms with Crippen LogP contribution in [0.3, 0.4) is 0 Å². The van der Waals surface area contributed by atoms with Crippen molar-refractivity contribution in [3.8, 4) is 11.5 Å². The number of nitrogens with one attached hydrogen (secondary N) is 1. The lowest BCUT2D eigenvalue weighted by Gasteiger charge is -2.31. The molecule has 3 aromatic rings. The highest BCUT2D eigenvalue weighted by Gasteiger charge is 2.54. The van der Waals surface area contributed by atoms with Crippen LogP contribution in [-0.4, -0.2) is 27.0 Å². The van der Waals surface area contributed by atoms with Crippen molar-refractivity contribution in [1.82, 2.24) is 20.4 Å². The lowest BCUT2D eigenvalue weighted by molar-refractivity contribution is -0.132. The molecule has 0 radical (unpaired) electrons. The lowest BCUT2D eigenvalue weighted by atomic mass is 9.80. The van der Waals surface area contributed by atoms with Crippen LogP contribution in [0, 0.1) is 0 Å². The summed E-state index contributed by atoms with van der Waals surface area (Å²) >= 11 is 5.01. The number of amides is 3. The number of nitrogens with zero attached hydrogens (tertiary/aromatic N) is 3. The van der Waals surface area contributed by atoms with Gasteiger partial charge in [-0.15, -0.1) is 21.5 Å². The Morgan fingerprint density at radius 3 is 2.86 bits per heavy atom. The van der Waals surface area contributed by atoms with Crippen LogP contribution in [0.25, 0.3) is 11.5 Å². The summed E-state index contributed by atoms with van der Waals surface area (Å²) in [5.74, 6) is 0.321. The van der Waals surface area contributed by atoms with Gasteiger partial charge in [0.1, 0.15) is 12.1 Å². The Labute approximate surface area is 172 Å². The number of carbonyl (C=O) groups is 2. The van der Waals surface area contributed by atoms with Crippen molar-refractivity contribution in [2.24, 2.45) is 0 Å². The van der Waals surface area contributed by atoms with Crippen molar-refractivity contribution in [2.75, 3.05) is 0 Å². The van der Waals surface area contributed by atoms with Crippen LogP contribution in [0.1, 0.15) is 29.2 Å². The maximum atomic E-state index is 13.2. The maximum absolute atomic E-state index is 13.2. The number of aryl methyl sites for hydroxylation is 1. The number of urea groups is 1. The summed E-state index contributed by atoms with van der Waals surface area (Å²) in [4.78, 5) is 28.2. The average Bonchev–Trinajstić information content (AvgIpc) is 3.40. The average molecular weight is 459 g/mol. The fourth-order valence-corrected chi connectivity index (χ4v) is 5.11. The summed E-state index contributed by atoms with van der Waals surface area (Å²) < 4.78 is 6.63. The second kappa shape index (κ2) is 6.52. The second-order valence-corrected chi connectivity index (χ2v) is 8.76. The van der Waals surface area contributed by atoms with E-state index < -0.39 is 11.6 Å². The largest absolute Gasteiger partial charge is 0.419 e. The Bertz CT molecular complexity index is 1080. The molecule has 0 bridgehead atoms. The number of benzene rings is 1. The number of rotatable bonds is 3. The van der Waals surface area contributed by atoms with E-state index in [-0.39, 0.29) is 18.3 Å². The van der Waals surface area contributed by atoms with Gasteiger partial charge in [0.2, 0.25) is 11.8 Å². The van der Waals surface area contributed by atoms with Crippen molar-refractivity contribution in [1.29, 1.82) is 0 Å². The fourth-order valence-electron chi connectivity index (χ4n) is 3.85. The van der Waals surface area contributed by atoms with E-state index in [0.717, 1.165) is 33.3 Å². The van der Waals surface area contributed by atoms with Crippen LogP contribution in [0.4, 0.5) is 4.79 Å². The number of aromatic nitrogens is 2. The van der Waals surface area contributed by atoms with Gasteiger partial charge in [0.15, 0.2) is 0 Å². The molecule has 2 aromatic heterocycles. The molecule has 1 spiro atoms. The van der Waals surface area contributed by atoms with Gasteiger partial charge in [0.25, 0.3) is 5.91 Å². The summed E-state index contributed by atoms with van der Waals surface area (Å²) in [6, 6.07) is 8.98. The van der Waals surface area contributed by atoms with Gasteiger partial charge in [-0.05, 0) is 55.0 Å². The summed E-state index contributed by atoms with van der Waals surface area (Å²) in [7, 11) is 0. The third-order valence-electron chi connectivity index (χ3n) is 5.19. The van der Waals surface area contributed by atoms with Crippen molar-refractivity contribution in [3.63, 3.8) is 0 Å². The van der Waals surface area contributed by atoms with Crippen LogP contribution in [0.15, 0.2) is 44.6 Å². The molecule has 9 heteroatoms. The molecule has 28 heavy (non-hydrogen) atoms. The van der Waals surface area contributed by atoms with E-state index in [2.05, 4.69) is 31.4 Å². The zero-order valence-corrected chi connectivity index (χ0v) is 17.0. The van der Waals surface area contributed by atoms with Crippen molar-refractivity contribution < 1.29 is 14.0 Å². The van der Waals surface area contributed by atoms with Gasteiger partial charge in [-0.25, -0.2) is 4.79 Å². The highest BCUT2D eigenvalue weighted by atomic mass is 79.9. The smallest absolute Gasteiger partial charge is 0.325 e. The number of imide groups is 1. The molecule has 142 valence electrons. The van der Waals surface area contributed by atoms with Gasteiger partial charge in [0.05, 0.1) is 0 Å². The molecule has 1 aromatic carbocycles. The van der Waals surface area contributed by atoms with Crippen molar-refractivity contribution in [3.05, 3.63) is 56.5 Å².